The number of hydrogen-bond donors (Lipinski definition) is 5. The predicted octanol–water partition coefficient (Wildman–Crippen LogP) is 1.21. The Kier molecular flexibility index (Phi) is 6.03. The van der Waals surface area contributed by atoms with Gasteiger partial charge in [0.25, 0.3) is 0 Å². The first-order valence-electron chi connectivity index (χ1n) is 7.32. The van der Waals surface area contributed by atoms with Gasteiger partial charge in [0.15, 0.2) is 0 Å². The largest absolute Gasteiger partial charge is 0.342 e. The molecule has 0 saturated carbocycles. The molecule has 0 aliphatic rings. The molecule has 0 fully saturated rings. The summed E-state index contributed by atoms with van der Waals surface area (Å²) in [6, 6.07) is 5.62. The highest BCUT2D eigenvalue weighted by Gasteiger charge is 2.15. The van der Waals surface area contributed by atoms with Crippen molar-refractivity contribution in [1.82, 2.24) is 35.9 Å². The minimum absolute atomic E-state index is 0.253. The number of urea groups is 2. The van der Waals surface area contributed by atoms with E-state index in [-0.39, 0.29) is 4.77 Å². The van der Waals surface area contributed by atoms with E-state index in [2.05, 4.69) is 31.5 Å². The first-order chi connectivity index (χ1) is 11.9. The number of tetrazole rings is 1. The van der Waals surface area contributed by atoms with E-state index in [0.29, 0.717) is 22.9 Å². The maximum atomic E-state index is 12.1. The maximum Gasteiger partial charge on any atom is 0.342 e. The number of hydroxylamine groups is 2. The lowest BCUT2D eigenvalue weighted by atomic mass is 10.3. The Morgan fingerprint density at radius 1 is 1.44 bits per heavy atom. The third-order valence-corrected chi connectivity index (χ3v) is 3.40. The zero-order valence-electron chi connectivity index (χ0n) is 13.6. The number of anilines is 1. The fourth-order valence-electron chi connectivity index (χ4n) is 1.90. The van der Waals surface area contributed by atoms with E-state index in [1.54, 1.807) is 31.2 Å². The van der Waals surface area contributed by atoms with Crippen LogP contribution in [-0.4, -0.2) is 55.8 Å². The van der Waals surface area contributed by atoms with Crippen molar-refractivity contribution in [2.75, 3.05) is 12.4 Å². The van der Waals surface area contributed by atoms with E-state index in [0.717, 1.165) is 0 Å². The highest BCUT2D eigenvalue weighted by Crippen LogP contribution is 2.13. The van der Waals surface area contributed by atoms with Crippen molar-refractivity contribution in [2.24, 2.45) is 0 Å². The zero-order chi connectivity index (χ0) is 18.4. The van der Waals surface area contributed by atoms with Gasteiger partial charge in [-0.1, -0.05) is 23.3 Å². The molecule has 1 heterocycles. The number of carbonyl (C=O) groups excluding carboxylic acids is 2. The second kappa shape index (κ2) is 8.21. The average molecular weight is 366 g/mol. The van der Waals surface area contributed by atoms with Crippen LogP contribution in [0.15, 0.2) is 24.3 Å². The van der Waals surface area contributed by atoms with Crippen LogP contribution >= 0.6 is 12.2 Å². The molecule has 11 nitrogen and oxygen atoms in total. The highest BCUT2D eigenvalue weighted by atomic mass is 32.1. The number of aromatic amines is 1. The molecule has 4 amide bonds. The van der Waals surface area contributed by atoms with Crippen molar-refractivity contribution in [1.29, 1.82) is 0 Å². The molecule has 1 atom stereocenters. The molecule has 0 spiro atoms. The quantitative estimate of drug-likeness (QED) is 0.233. The van der Waals surface area contributed by atoms with Crippen molar-refractivity contribution in [2.45, 2.75) is 19.5 Å². The molecular weight excluding hydrogens is 348 g/mol. The number of amides is 4. The summed E-state index contributed by atoms with van der Waals surface area (Å²) in [6.07, 6.45) is -0.210. The van der Waals surface area contributed by atoms with E-state index in [1.807, 2.05) is 0 Å². The van der Waals surface area contributed by atoms with Crippen LogP contribution < -0.4 is 16.0 Å². The summed E-state index contributed by atoms with van der Waals surface area (Å²) in [5.41, 5.74) is 1.15. The Morgan fingerprint density at radius 3 is 2.80 bits per heavy atom. The van der Waals surface area contributed by atoms with Gasteiger partial charge in [-0.05, 0) is 36.8 Å². The lowest BCUT2D eigenvalue weighted by Crippen LogP contribution is -2.51. The van der Waals surface area contributed by atoms with Crippen LogP contribution in [-0.2, 0) is 0 Å². The van der Waals surface area contributed by atoms with Gasteiger partial charge in [-0.3, -0.25) is 5.21 Å². The van der Waals surface area contributed by atoms with Crippen LogP contribution in [0.25, 0.3) is 5.69 Å². The standard InChI is InChI=1S/C13H18N8O3S/c1-3-10(16-12(23)20(2)24)15-11(22)14-8-5-4-6-9(7-8)21-13(25)17-18-19-21/h4-7,10,24H,3H2,1-2H3,(H,16,23)(H2,14,15,22)(H,17,19,25). The average Bonchev–Trinajstić information content (AvgIpc) is 3.00. The number of aromatic nitrogens is 4. The Balaban J connectivity index is 2.02. The molecule has 134 valence electrons. The second-order valence-electron chi connectivity index (χ2n) is 5.00. The molecule has 12 heteroatoms. The summed E-state index contributed by atoms with van der Waals surface area (Å²) < 4.78 is 1.73. The van der Waals surface area contributed by atoms with E-state index < -0.39 is 18.2 Å². The van der Waals surface area contributed by atoms with Gasteiger partial charge in [0.05, 0.1) is 5.69 Å². The normalized spacial score (nSPS) is 11.5. The van der Waals surface area contributed by atoms with E-state index >= 15 is 0 Å². The highest BCUT2D eigenvalue weighted by molar-refractivity contribution is 7.71. The van der Waals surface area contributed by atoms with Crippen LogP contribution in [0.5, 0.6) is 0 Å². The van der Waals surface area contributed by atoms with Crippen LogP contribution in [0.1, 0.15) is 13.3 Å². The summed E-state index contributed by atoms with van der Waals surface area (Å²) in [6.45, 7) is 1.77. The van der Waals surface area contributed by atoms with Crippen molar-refractivity contribution >= 4 is 30.0 Å². The molecule has 0 aliphatic carbocycles. The van der Waals surface area contributed by atoms with E-state index in [9.17, 15) is 9.59 Å². The molecule has 0 radical (unpaired) electrons. The number of nitrogens with one attached hydrogen (secondary N) is 4. The van der Waals surface area contributed by atoms with Gasteiger partial charge in [0.1, 0.15) is 6.17 Å². The van der Waals surface area contributed by atoms with E-state index in [4.69, 9.17) is 17.4 Å². The molecule has 0 aliphatic heterocycles. The molecule has 5 N–H and O–H groups in total. The molecular formula is C13H18N8O3S. The maximum absolute atomic E-state index is 12.1. The van der Waals surface area contributed by atoms with Crippen LogP contribution in [0.4, 0.5) is 15.3 Å². The minimum atomic E-state index is -0.727. The third kappa shape index (κ3) is 4.99. The van der Waals surface area contributed by atoms with E-state index in [1.165, 1.54) is 11.7 Å². The Labute approximate surface area is 148 Å². The number of carbonyl (C=O) groups is 2. The van der Waals surface area contributed by atoms with Gasteiger partial charge in [-0.2, -0.15) is 5.21 Å². The molecule has 1 unspecified atom stereocenters. The van der Waals surface area contributed by atoms with Gasteiger partial charge in [0, 0.05) is 12.7 Å². The number of H-pyrrole nitrogens is 1. The molecule has 0 bridgehead atoms. The summed E-state index contributed by atoms with van der Waals surface area (Å²) in [5, 5.41) is 27.0. The second-order valence-corrected chi connectivity index (χ2v) is 5.37. The predicted molar refractivity (Wildman–Crippen MR) is 90.9 cm³/mol. The number of nitrogens with zero attached hydrogens (tertiary/aromatic N) is 4. The van der Waals surface area contributed by atoms with Gasteiger partial charge >= 0.3 is 12.1 Å². The number of hydrogen-bond acceptors (Lipinski definition) is 6. The smallest absolute Gasteiger partial charge is 0.318 e. The van der Waals surface area contributed by atoms with Crippen molar-refractivity contribution in [3.63, 3.8) is 0 Å². The van der Waals surface area contributed by atoms with Crippen molar-refractivity contribution < 1.29 is 14.8 Å². The topological polar surface area (TPSA) is 140 Å². The zero-order valence-corrected chi connectivity index (χ0v) is 14.4. The first kappa shape index (κ1) is 18.4. The summed E-state index contributed by atoms with van der Waals surface area (Å²) in [5.74, 6) is 0. The summed E-state index contributed by atoms with van der Waals surface area (Å²) in [4.78, 5) is 23.5. The van der Waals surface area contributed by atoms with Gasteiger partial charge < -0.3 is 16.0 Å². The Hall–Kier alpha value is -2.99. The molecule has 0 saturated heterocycles. The molecule has 2 rings (SSSR count). The number of benzene rings is 1. The molecule has 1 aromatic heterocycles. The van der Waals surface area contributed by atoms with Crippen molar-refractivity contribution in [3.05, 3.63) is 29.0 Å². The first-order valence-corrected chi connectivity index (χ1v) is 7.72. The summed E-state index contributed by atoms with van der Waals surface area (Å²) in [7, 11) is 1.18. The van der Waals surface area contributed by atoms with Crippen LogP contribution in [0.2, 0.25) is 0 Å². The van der Waals surface area contributed by atoms with Gasteiger partial charge in [-0.15, -0.1) is 0 Å². The van der Waals surface area contributed by atoms with Gasteiger partial charge in [0.2, 0.25) is 4.77 Å². The fraction of sp³-hybridized carbons (Fsp3) is 0.308. The third-order valence-electron chi connectivity index (χ3n) is 3.14. The fourth-order valence-corrected chi connectivity index (χ4v) is 2.08. The van der Waals surface area contributed by atoms with Crippen LogP contribution in [0, 0.1) is 4.77 Å². The van der Waals surface area contributed by atoms with Gasteiger partial charge in [-0.25, -0.2) is 19.3 Å². The minimum Gasteiger partial charge on any atom is -0.318 e. The molecule has 1 aromatic carbocycles. The summed E-state index contributed by atoms with van der Waals surface area (Å²) >= 11 is 5.03. The van der Waals surface area contributed by atoms with Crippen molar-refractivity contribution in [3.8, 4) is 5.69 Å². The molecule has 25 heavy (non-hydrogen) atoms. The number of rotatable bonds is 5. The monoisotopic (exact) mass is 366 g/mol. The lowest BCUT2D eigenvalue weighted by Gasteiger charge is -2.20. The Bertz CT molecular complexity index is 802. The van der Waals surface area contributed by atoms with Crippen LogP contribution in [0.3, 0.4) is 0 Å². The SMILES string of the molecule is CCC(NC(=O)Nc1cccc(-n2[nH]nnc2=S)c1)NC(=O)N(C)O. The lowest BCUT2D eigenvalue weighted by molar-refractivity contribution is -0.0197. The molecule has 2 aromatic rings. The Morgan fingerprint density at radius 2 is 2.20 bits per heavy atom.